The molecule has 2 heteroatoms. The van der Waals surface area contributed by atoms with Crippen molar-refractivity contribution in [3.63, 3.8) is 0 Å². The van der Waals surface area contributed by atoms with E-state index in [1.807, 2.05) is 0 Å². The molecule has 0 aromatic heterocycles. The van der Waals surface area contributed by atoms with Crippen molar-refractivity contribution in [3.8, 4) is 0 Å². The Bertz CT molecular complexity index is 346. The van der Waals surface area contributed by atoms with Gasteiger partial charge in [0.2, 0.25) is 0 Å². The van der Waals surface area contributed by atoms with Crippen molar-refractivity contribution in [1.82, 2.24) is 5.32 Å². The molecule has 0 saturated carbocycles. The topological polar surface area (TPSA) is 21.3 Å². The Hall–Kier alpha value is -0.860. The largest absolute Gasteiger partial charge is 0.378 e. The first-order valence-electron chi connectivity index (χ1n) is 6.59. The van der Waals surface area contributed by atoms with Crippen LogP contribution in [0.25, 0.3) is 0 Å². The lowest BCUT2D eigenvalue weighted by Gasteiger charge is -2.30. The highest BCUT2D eigenvalue weighted by molar-refractivity contribution is 5.23. The second kappa shape index (κ2) is 5.65. The van der Waals surface area contributed by atoms with Crippen molar-refractivity contribution in [2.75, 3.05) is 6.61 Å². The molecule has 1 heterocycles. The fourth-order valence-electron chi connectivity index (χ4n) is 2.45. The number of ether oxygens (including phenoxy) is 1. The van der Waals surface area contributed by atoms with E-state index in [1.54, 1.807) is 0 Å². The van der Waals surface area contributed by atoms with Crippen molar-refractivity contribution in [1.29, 1.82) is 0 Å². The first-order chi connectivity index (χ1) is 8.15. The van der Waals surface area contributed by atoms with Gasteiger partial charge >= 0.3 is 0 Å². The third-order valence-electron chi connectivity index (χ3n) is 3.55. The average Bonchev–Trinajstić information content (AvgIpc) is 2.29. The molecule has 0 amide bonds. The van der Waals surface area contributed by atoms with Gasteiger partial charge in [0, 0.05) is 18.7 Å². The highest BCUT2D eigenvalue weighted by Crippen LogP contribution is 2.19. The predicted octanol–water partition coefficient (Wildman–Crippen LogP) is 3.21. The number of hydrogen-bond acceptors (Lipinski definition) is 2. The maximum Gasteiger partial charge on any atom is 0.0561 e. The SMILES string of the molecule is Cc1ccc([C@H](C)NC2CCOC(C)C2)cc1. The quantitative estimate of drug-likeness (QED) is 0.865. The Labute approximate surface area is 104 Å². The molecule has 1 N–H and O–H groups in total. The van der Waals surface area contributed by atoms with Crippen molar-refractivity contribution in [2.45, 2.75) is 51.8 Å². The van der Waals surface area contributed by atoms with Crippen LogP contribution in [0.15, 0.2) is 24.3 Å². The second-order valence-corrected chi connectivity index (χ2v) is 5.20. The summed E-state index contributed by atoms with van der Waals surface area (Å²) in [6, 6.07) is 9.81. The standard InChI is InChI=1S/C15H23NO/c1-11-4-6-14(7-5-11)13(3)16-15-8-9-17-12(2)10-15/h4-7,12-13,15-16H,8-10H2,1-3H3/t12?,13-,15?/m0/s1. The van der Waals surface area contributed by atoms with Gasteiger partial charge in [-0.3, -0.25) is 0 Å². The smallest absolute Gasteiger partial charge is 0.0561 e. The van der Waals surface area contributed by atoms with Crippen LogP contribution in [0.1, 0.15) is 43.9 Å². The summed E-state index contributed by atoms with van der Waals surface area (Å²) in [7, 11) is 0. The molecule has 3 atom stereocenters. The van der Waals surface area contributed by atoms with E-state index in [2.05, 4.69) is 50.4 Å². The van der Waals surface area contributed by atoms with E-state index in [1.165, 1.54) is 11.1 Å². The Morgan fingerprint density at radius 1 is 1.29 bits per heavy atom. The molecule has 1 fully saturated rings. The van der Waals surface area contributed by atoms with Crippen molar-refractivity contribution >= 4 is 0 Å². The van der Waals surface area contributed by atoms with Crippen LogP contribution in [-0.2, 0) is 4.74 Å². The molecule has 1 aromatic rings. The van der Waals surface area contributed by atoms with E-state index in [-0.39, 0.29) is 0 Å². The Balaban J connectivity index is 1.91. The van der Waals surface area contributed by atoms with Gasteiger partial charge in [-0.05, 0) is 39.2 Å². The number of hydrogen-bond donors (Lipinski definition) is 1. The molecule has 17 heavy (non-hydrogen) atoms. The maximum absolute atomic E-state index is 5.57. The fraction of sp³-hybridized carbons (Fsp3) is 0.600. The van der Waals surface area contributed by atoms with Gasteiger partial charge < -0.3 is 10.1 Å². The number of benzene rings is 1. The zero-order chi connectivity index (χ0) is 12.3. The molecule has 0 radical (unpaired) electrons. The minimum absolute atomic E-state index is 0.395. The second-order valence-electron chi connectivity index (χ2n) is 5.20. The van der Waals surface area contributed by atoms with Gasteiger partial charge in [0.05, 0.1) is 6.10 Å². The summed E-state index contributed by atoms with van der Waals surface area (Å²) >= 11 is 0. The lowest BCUT2D eigenvalue weighted by molar-refractivity contribution is 0.0116. The summed E-state index contributed by atoms with van der Waals surface area (Å²) in [5.74, 6) is 0. The summed E-state index contributed by atoms with van der Waals surface area (Å²) in [6.07, 6.45) is 2.64. The molecule has 0 aliphatic carbocycles. The highest BCUT2D eigenvalue weighted by atomic mass is 16.5. The van der Waals surface area contributed by atoms with Gasteiger partial charge in [-0.15, -0.1) is 0 Å². The Morgan fingerprint density at radius 2 is 2.00 bits per heavy atom. The first kappa shape index (κ1) is 12.6. The fourth-order valence-corrected chi connectivity index (χ4v) is 2.45. The van der Waals surface area contributed by atoms with Crippen LogP contribution in [0, 0.1) is 6.92 Å². The van der Waals surface area contributed by atoms with E-state index in [4.69, 9.17) is 4.74 Å². The Morgan fingerprint density at radius 3 is 2.65 bits per heavy atom. The van der Waals surface area contributed by atoms with Crippen LogP contribution >= 0.6 is 0 Å². The lowest BCUT2D eigenvalue weighted by atomic mass is 10.0. The summed E-state index contributed by atoms with van der Waals surface area (Å²) in [5.41, 5.74) is 2.69. The van der Waals surface area contributed by atoms with Crippen LogP contribution in [0.4, 0.5) is 0 Å². The third-order valence-corrected chi connectivity index (χ3v) is 3.55. The van der Waals surface area contributed by atoms with Crippen LogP contribution in [0.5, 0.6) is 0 Å². The summed E-state index contributed by atoms with van der Waals surface area (Å²) < 4.78 is 5.57. The van der Waals surface area contributed by atoms with Crippen molar-refractivity contribution < 1.29 is 4.74 Å². The van der Waals surface area contributed by atoms with Crippen molar-refractivity contribution in [3.05, 3.63) is 35.4 Å². The molecule has 1 aliphatic rings. The molecule has 0 spiro atoms. The van der Waals surface area contributed by atoms with Gasteiger partial charge in [0.15, 0.2) is 0 Å². The molecular weight excluding hydrogens is 210 g/mol. The van der Waals surface area contributed by atoms with E-state index >= 15 is 0 Å². The van der Waals surface area contributed by atoms with Crippen molar-refractivity contribution in [2.24, 2.45) is 0 Å². The number of rotatable bonds is 3. The van der Waals surface area contributed by atoms with E-state index in [0.29, 0.717) is 18.2 Å². The maximum atomic E-state index is 5.57. The third kappa shape index (κ3) is 3.55. The zero-order valence-electron chi connectivity index (χ0n) is 11.1. The molecule has 0 bridgehead atoms. The lowest BCUT2D eigenvalue weighted by Crippen LogP contribution is -2.39. The summed E-state index contributed by atoms with van der Waals surface area (Å²) in [6.45, 7) is 7.41. The molecule has 1 aromatic carbocycles. The van der Waals surface area contributed by atoms with Gasteiger partial charge in [0.1, 0.15) is 0 Å². The van der Waals surface area contributed by atoms with E-state index in [0.717, 1.165) is 19.4 Å². The summed E-state index contributed by atoms with van der Waals surface area (Å²) in [5, 5.41) is 3.70. The zero-order valence-corrected chi connectivity index (χ0v) is 11.1. The molecular formula is C15H23NO. The van der Waals surface area contributed by atoms with Gasteiger partial charge in [0.25, 0.3) is 0 Å². The van der Waals surface area contributed by atoms with E-state index in [9.17, 15) is 0 Å². The molecule has 2 rings (SSSR count). The number of aryl methyl sites for hydroxylation is 1. The minimum Gasteiger partial charge on any atom is -0.378 e. The number of nitrogens with one attached hydrogen (secondary N) is 1. The normalized spacial score (nSPS) is 26.8. The van der Waals surface area contributed by atoms with Crippen LogP contribution in [0.3, 0.4) is 0 Å². The van der Waals surface area contributed by atoms with Gasteiger partial charge in [-0.25, -0.2) is 0 Å². The molecule has 1 saturated heterocycles. The molecule has 2 unspecified atom stereocenters. The van der Waals surface area contributed by atoms with Crippen LogP contribution in [0.2, 0.25) is 0 Å². The van der Waals surface area contributed by atoms with Crippen LogP contribution in [-0.4, -0.2) is 18.8 Å². The molecule has 2 nitrogen and oxygen atoms in total. The molecule has 94 valence electrons. The van der Waals surface area contributed by atoms with Gasteiger partial charge in [-0.2, -0.15) is 0 Å². The first-order valence-corrected chi connectivity index (χ1v) is 6.59. The predicted molar refractivity (Wildman–Crippen MR) is 71.2 cm³/mol. The monoisotopic (exact) mass is 233 g/mol. The van der Waals surface area contributed by atoms with E-state index < -0.39 is 0 Å². The van der Waals surface area contributed by atoms with Gasteiger partial charge in [-0.1, -0.05) is 29.8 Å². The van der Waals surface area contributed by atoms with Crippen LogP contribution < -0.4 is 5.32 Å². The highest BCUT2D eigenvalue weighted by Gasteiger charge is 2.20. The summed E-state index contributed by atoms with van der Waals surface area (Å²) in [4.78, 5) is 0. The Kier molecular flexibility index (Phi) is 4.19. The minimum atomic E-state index is 0.395. The molecule has 1 aliphatic heterocycles. The average molecular weight is 233 g/mol.